The Morgan fingerprint density at radius 1 is 1.89 bits per heavy atom. The Bertz CT molecular complexity index is 171. The highest BCUT2D eigenvalue weighted by Crippen LogP contribution is 2.09. The third-order valence-electron chi connectivity index (χ3n) is 1.09. The van der Waals surface area contributed by atoms with Crippen LogP contribution in [0.4, 0.5) is 0 Å². The van der Waals surface area contributed by atoms with Gasteiger partial charge >= 0.3 is 0 Å². The summed E-state index contributed by atoms with van der Waals surface area (Å²) in [6.45, 7) is 0.364. The molecule has 0 saturated carbocycles. The number of hydrogen-bond donors (Lipinski definition) is 1. The second kappa shape index (κ2) is 2.37. The summed E-state index contributed by atoms with van der Waals surface area (Å²) < 4.78 is 4.74. The number of hydrogen-bond acceptors (Lipinski definition) is 3. The van der Waals surface area contributed by atoms with Crippen molar-refractivity contribution in [2.24, 2.45) is 5.11 Å². The van der Waals surface area contributed by atoms with E-state index in [1.165, 1.54) is 0 Å². The molecule has 0 aromatic heterocycles. The molecule has 9 heavy (non-hydrogen) atoms. The predicted octanol–water partition coefficient (Wildman–Crippen LogP) is 1.06. The van der Waals surface area contributed by atoms with Gasteiger partial charge in [-0.05, 0) is 5.53 Å². The molecule has 1 fully saturated rings. The minimum absolute atomic E-state index is 0.150. The fourth-order valence-electron chi connectivity index (χ4n) is 0.676. The maximum absolute atomic E-state index is 7.95. The van der Waals surface area contributed by atoms with E-state index in [0.29, 0.717) is 13.0 Å². The standard InChI is InChI=1S/C4H6N4O/c5-4-1-3(2-9-4)7-8-6/h3,5H,1-2H2. The second-order valence-electron chi connectivity index (χ2n) is 1.80. The lowest BCUT2D eigenvalue weighted by Gasteiger charge is -1.89. The van der Waals surface area contributed by atoms with Crippen LogP contribution in [-0.2, 0) is 4.74 Å². The zero-order valence-corrected chi connectivity index (χ0v) is 4.74. The summed E-state index contributed by atoms with van der Waals surface area (Å²) in [5.41, 5.74) is 7.95. The first-order valence-corrected chi connectivity index (χ1v) is 2.57. The van der Waals surface area contributed by atoms with Crippen molar-refractivity contribution < 1.29 is 4.74 Å². The summed E-state index contributed by atoms with van der Waals surface area (Å²) in [6, 6.07) is -0.150. The first-order chi connectivity index (χ1) is 4.33. The highest BCUT2D eigenvalue weighted by atomic mass is 16.5. The normalized spacial score (nSPS) is 24.9. The molecular formula is C4H6N4O. The molecule has 1 heterocycles. The molecule has 5 heteroatoms. The van der Waals surface area contributed by atoms with Crippen LogP contribution in [0.3, 0.4) is 0 Å². The highest BCUT2D eigenvalue weighted by Gasteiger charge is 2.18. The molecule has 0 amide bonds. The van der Waals surface area contributed by atoms with Gasteiger partial charge in [0.05, 0.1) is 12.6 Å². The van der Waals surface area contributed by atoms with Gasteiger partial charge in [-0.15, -0.1) is 0 Å². The van der Waals surface area contributed by atoms with Crippen molar-refractivity contribution in [2.75, 3.05) is 6.61 Å². The average molecular weight is 126 g/mol. The molecule has 1 N–H and O–H groups in total. The van der Waals surface area contributed by atoms with Crippen molar-refractivity contribution in [3.05, 3.63) is 10.4 Å². The first-order valence-electron chi connectivity index (χ1n) is 2.57. The fraction of sp³-hybridized carbons (Fsp3) is 0.750. The van der Waals surface area contributed by atoms with E-state index in [0.717, 1.165) is 0 Å². The van der Waals surface area contributed by atoms with Gasteiger partial charge in [0, 0.05) is 11.3 Å². The maximum atomic E-state index is 7.95. The predicted molar refractivity (Wildman–Crippen MR) is 31.2 cm³/mol. The molecule has 1 saturated heterocycles. The molecule has 0 radical (unpaired) electrons. The fourth-order valence-corrected chi connectivity index (χ4v) is 0.676. The molecule has 1 unspecified atom stereocenters. The molecule has 1 atom stereocenters. The summed E-state index contributed by atoms with van der Waals surface area (Å²) in [5, 5.41) is 10.3. The van der Waals surface area contributed by atoms with E-state index in [1.807, 2.05) is 0 Å². The van der Waals surface area contributed by atoms with Gasteiger partial charge in [-0.1, -0.05) is 5.11 Å². The van der Waals surface area contributed by atoms with Gasteiger partial charge < -0.3 is 4.74 Å². The van der Waals surface area contributed by atoms with E-state index in [4.69, 9.17) is 15.7 Å². The zero-order valence-electron chi connectivity index (χ0n) is 4.74. The van der Waals surface area contributed by atoms with Crippen molar-refractivity contribution in [1.82, 2.24) is 0 Å². The smallest absolute Gasteiger partial charge is 0.180 e. The van der Waals surface area contributed by atoms with Gasteiger partial charge in [0.15, 0.2) is 5.90 Å². The van der Waals surface area contributed by atoms with E-state index in [-0.39, 0.29) is 11.9 Å². The number of rotatable bonds is 1. The maximum Gasteiger partial charge on any atom is 0.180 e. The van der Waals surface area contributed by atoms with E-state index >= 15 is 0 Å². The third kappa shape index (κ3) is 1.33. The van der Waals surface area contributed by atoms with Crippen LogP contribution in [0.25, 0.3) is 10.4 Å². The monoisotopic (exact) mass is 126 g/mol. The lowest BCUT2D eigenvalue weighted by Crippen LogP contribution is -1.99. The van der Waals surface area contributed by atoms with Gasteiger partial charge in [0.2, 0.25) is 0 Å². The quantitative estimate of drug-likeness (QED) is 0.318. The highest BCUT2D eigenvalue weighted by molar-refractivity contribution is 5.75. The Labute approximate surface area is 51.8 Å². The molecule has 0 aromatic carbocycles. The van der Waals surface area contributed by atoms with Crippen LogP contribution in [0.2, 0.25) is 0 Å². The van der Waals surface area contributed by atoms with Crippen molar-refractivity contribution in [1.29, 1.82) is 5.41 Å². The Morgan fingerprint density at radius 3 is 3.11 bits per heavy atom. The molecule has 5 nitrogen and oxygen atoms in total. The molecule has 1 rings (SSSR count). The molecular weight excluding hydrogens is 120 g/mol. The van der Waals surface area contributed by atoms with Crippen LogP contribution in [0.5, 0.6) is 0 Å². The summed E-state index contributed by atoms with van der Waals surface area (Å²) in [6.07, 6.45) is 0.448. The van der Waals surface area contributed by atoms with Crippen molar-refractivity contribution >= 4 is 5.90 Å². The summed E-state index contributed by atoms with van der Waals surface area (Å²) in [7, 11) is 0. The van der Waals surface area contributed by atoms with Crippen LogP contribution in [0.15, 0.2) is 5.11 Å². The first kappa shape index (κ1) is 5.91. The van der Waals surface area contributed by atoms with Gasteiger partial charge in [-0.2, -0.15) is 0 Å². The van der Waals surface area contributed by atoms with Crippen molar-refractivity contribution in [2.45, 2.75) is 12.5 Å². The molecule has 1 aliphatic heterocycles. The molecule has 0 bridgehead atoms. The molecule has 0 aliphatic carbocycles. The van der Waals surface area contributed by atoms with Crippen LogP contribution < -0.4 is 0 Å². The van der Waals surface area contributed by atoms with Gasteiger partial charge in [-0.3, -0.25) is 5.41 Å². The molecule has 0 spiro atoms. The van der Waals surface area contributed by atoms with Crippen LogP contribution >= 0.6 is 0 Å². The van der Waals surface area contributed by atoms with Crippen molar-refractivity contribution in [3.8, 4) is 0 Å². The van der Waals surface area contributed by atoms with E-state index < -0.39 is 0 Å². The summed E-state index contributed by atoms with van der Waals surface area (Å²) in [4.78, 5) is 2.60. The van der Waals surface area contributed by atoms with E-state index in [2.05, 4.69) is 10.0 Å². The Hall–Kier alpha value is -1.22. The van der Waals surface area contributed by atoms with E-state index in [9.17, 15) is 0 Å². The zero-order chi connectivity index (χ0) is 6.69. The SMILES string of the molecule is [N-]=[N+]=NC1COC(=N)C1. The number of nitrogens with one attached hydrogen (secondary N) is 1. The lowest BCUT2D eigenvalue weighted by atomic mass is 10.3. The van der Waals surface area contributed by atoms with Crippen LogP contribution in [-0.4, -0.2) is 18.5 Å². The van der Waals surface area contributed by atoms with Gasteiger partial charge in [0.25, 0.3) is 0 Å². The van der Waals surface area contributed by atoms with Crippen LogP contribution in [0, 0.1) is 5.41 Å². The Morgan fingerprint density at radius 2 is 2.67 bits per heavy atom. The number of nitrogens with zero attached hydrogens (tertiary/aromatic N) is 3. The largest absolute Gasteiger partial charge is 0.481 e. The number of ether oxygens (including phenoxy) is 1. The molecule has 0 aromatic rings. The molecule has 48 valence electrons. The summed E-state index contributed by atoms with van der Waals surface area (Å²) in [5.74, 6) is 0.215. The topological polar surface area (TPSA) is 81.8 Å². The molecule has 1 aliphatic rings. The third-order valence-corrected chi connectivity index (χ3v) is 1.09. The summed E-state index contributed by atoms with van der Waals surface area (Å²) >= 11 is 0. The number of azide groups is 1. The Balaban J connectivity index is 2.48. The van der Waals surface area contributed by atoms with E-state index in [1.54, 1.807) is 0 Å². The minimum atomic E-state index is -0.150. The minimum Gasteiger partial charge on any atom is -0.481 e. The second-order valence-corrected chi connectivity index (χ2v) is 1.80. The lowest BCUT2D eigenvalue weighted by molar-refractivity contribution is 0.326. The van der Waals surface area contributed by atoms with Crippen molar-refractivity contribution in [3.63, 3.8) is 0 Å². The van der Waals surface area contributed by atoms with Crippen LogP contribution in [0.1, 0.15) is 6.42 Å². The Kier molecular flexibility index (Phi) is 1.55. The van der Waals surface area contributed by atoms with Gasteiger partial charge in [0.1, 0.15) is 0 Å². The van der Waals surface area contributed by atoms with Gasteiger partial charge in [-0.25, -0.2) is 0 Å². The average Bonchev–Trinajstić information content (AvgIpc) is 2.17.